The Hall–Kier alpha value is -0.0931. The number of aromatic nitrogens is 2. The van der Waals surface area contributed by atoms with Gasteiger partial charge in [0.1, 0.15) is 0 Å². The maximum atomic E-state index is 4.39. The molecule has 2 nitrogen and oxygen atoms in total. The summed E-state index contributed by atoms with van der Waals surface area (Å²) in [5.74, 6) is 0. The highest BCUT2D eigenvalue weighted by Crippen LogP contribution is 2.36. The van der Waals surface area contributed by atoms with Crippen molar-refractivity contribution in [2.24, 2.45) is 0 Å². The van der Waals surface area contributed by atoms with Crippen LogP contribution < -0.4 is 0 Å². The first kappa shape index (κ1) is 11.0. The van der Waals surface area contributed by atoms with E-state index in [1.54, 1.807) is 0 Å². The van der Waals surface area contributed by atoms with E-state index in [9.17, 15) is 0 Å². The lowest BCUT2D eigenvalue weighted by Gasteiger charge is -2.36. The van der Waals surface area contributed by atoms with Gasteiger partial charge in [-0.25, -0.2) is 0 Å². The summed E-state index contributed by atoms with van der Waals surface area (Å²) in [6.07, 6.45) is 3.94. The molecule has 0 saturated heterocycles. The molecule has 0 radical (unpaired) electrons. The Labute approximate surface area is 89.6 Å². The molecule has 1 heterocycles. The average Bonchev–Trinajstić information content (AvgIpc) is 2.33. The molecule has 74 valence electrons. The molecule has 0 atom stereocenters. The van der Waals surface area contributed by atoms with Gasteiger partial charge in [0.2, 0.25) is 0 Å². The number of nitrogens with zero attached hydrogens (tertiary/aromatic N) is 2. The Kier molecular flexibility index (Phi) is 2.74. The van der Waals surface area contributed by atoms with Crippen molar-refractivity contribution < 1.29 is 0 Å². The second kappa shape index (κ2) is 3.24. The molecule has 0 aliphatic rings. The zero-order valence-corrected chi connectivity index (χ0v) is 11.5. The largest absolute Gasteiger partial charge is 0.300 e. The van der Waals surface area contributed by atoms with Gasteiger partial charge in [-0.15, -0.1) is 0 Å². The van der Waals surface area contributed by atoms with Crippen LogP contribution in [0.5, 0.6) is 0 Å². The van der Waals surface area contributed by atoms with Gasteiger partial charge in [-0.1, -0.05) is 20.8 Å². The minimum Gasteiger partial charge on any atom is -0.300 e. The van der Waals surface area contributed by atoms with E-state index in [2.05, 4.69) is 65.4 Å². The van der Waals surface area contributed by atoms with Gasteiger partial charge in [-0.2, -0.15) is 5.10 Å². The highest BCUT2D eigenvalue weighted by Gasteiger charge is 2.38. The first-order chi connectivity index (χ1) is 5.75. The van der Waals surface area contributed by atoms with Gasteiger partial charge in [0.25, 0.3) is 0 Å². The van der Waals surface area contributed by atoms with Gasteiger partial charge in [-0.05, 0) is 34.1 Å². The third-order valence-corrected chi connectivity index (χ3v) is 8.43. The molecule has 1 aromatic heterocycles. The van der Waals surface area contributed by atoms with Gasteiger partial charge in [0.15, 0.2) is 8.24 Å². The molecule has 0 aliphatic carbocycles. The fraction of sp³-hybridized carbons (Fsp3) is 0.667. The Morgan fingerprint density at radius 1 is 1.38 bits per heavy atom. The SMILES string of the molecule is CC(C)(C)[Si](C)(C)n1cc(Br)cn1. The van der Waals surface area contributed by atoms with E-state index < -0.39 is 8.24 Å². The number of hydrogen-bond donors (Lipinski definition) is 0. The van der Waals surface area contributed by atoms with Crippen LogP contribution in [0.1, 0.15) is 20.8 Å². The molecule has 1 aromatic rings. The second-order valence-corrected chi connectivity index (χ2v) is 10.9. The van der Waals surface area contributed by atoms with Crippen molar-refractivity contribution in [3.8, 4) is 0 Å². The number of hydrogen-bond acceptors (Lipinski definition) is 1. The number of halogens is 1. The van der Waals surface area contributed by atoms with Gasteiger partial charge in [-0.3, -0.25) is 0 Å². The van der Waals surface area contributed by atoms with Crippen LogP contribution >= 0.6 is 15.9 Å². The van der Waals surface area contributed by atoms with E-state index in [0.29, 0.717) is 5.04 Å². The molecular formula is C9H17BrN2Si. The zero-order valence-electron chi connectivity index (χ0n) is 8.93. The normalized spacial score (nSPS) is 13.4. The maximum absolute atomic E-state index is 4.39. The van der Waals surface area contributed by atoms with Crippen LogP contribution in [0.2, 0.25) is 18.1 Å². The summed E-state index contributed by atoms with van der Waals surface area (Å²) in [6, 6.07) is 0. The van der Waals surface area contributed by atoms with Crippen molar-refractivity contribution in [2.75, 3.05) is 0 Å². The molecule has 0 fully saturated rings. The minimum atomic E-state index is -1.48. The van der Waals surface area contributed by atoms with E-state index in [4.69, 9.17) is 0 Å². The highest BCUT2D eigenvalue weighted by molar-refractivity contribution is 9.10. The first-order valence-corrected chi connectivity index (χ1v) is 8.20. The van der Waals surface area contributed by atoms with Crippen molar-refractivity contribution in [3.05, 3.63) is 16.9 Å². The van der Waals surface area contributed by atoms with Crippen LogP contribution in [0.4, 0.5) is 0 Å². The number of rotatable bonds is 1. The molecule has 0 N–H and O–H groups in total. The summed E-state index contributed by atoms with van der Waals surface area (Å²) in [4.78, 5) is 0. The van der Waals surface area contributed by atoms with Crippen LogP contribution in [-0.4, -0.2) is 17.7 Å². The third kappa shape index (κ3) is 2.04. The molecule has 0 aromatic carbocycles. The average molecular weight is 261 g/mol. The molecule has 0 spiro atoms. The lowest BCUT2D eigenvalue weighted by molar-refractivity contribution is 0.682. The van der Waals surface area contributed by atoms with E-state index in [-0.39, 0.29) is 0 Å². The summed E-state index contributed by atoms with van der Waals surface area (Å²) >= 11 is 3.43. The van der Waals surface area contributed by atoms with Crippen molar-refractivity contribution in [3.63, 3.8) is 0 Å². The second-order valence-electron chi connectivity index (χ2n) is 4.91. The molecule has 0 amide bonds. The van der Waals surface area contributed by atoms with Crippen molar-refractivity contribution in [2.45, 2.75) is 38.9 Å². The lowest BCUT2D eigenvalue weighted by atomic mass is 10.2. The quantitative estimate of drug-likeness (QED) is 0.707. The maximum Gasteiger partial charge on any atom is 0.184 e. The Balaban J connectivity index is 3.07. The van der Waals surface area contributed by atoms with E-state index in [0.717, 1.165) is 4.47 Å². The highest BCUT2D eigenvalue weighted by atomic mass is 79.9. The van der Waals surface area contributed by atoms with Crippen LogP contribution in [0.25, 0.3) is 0 Å². The van der Waals surface area contributed by atoms with E-state index >= 15 is 0 Å². The zero-order chi connectivity index (χ0) is 10.3. The molecule has 13 heavy (non-hydrogen) atoms. The van der Waals surface area contributed by atoms with E-state index in [1.165, 1.54) is 0 Å². The Bertz CT molecular complexity index is 299. The van der Waals surface area contributed by atoms with E-state index in [1.807, 2.05) is 6.20 Å². The molecule has 0 unspecified atom stereocenters. The van der Waals surface area contributed by atoms with Crippen molar-refractivity contribution >= 4 is 24.2 Å². The van der Waals surface area contributed by atoms with Crippen LogP contribution in [0, 0.1) is 0 Å². The topological polar surface area (TPSA) is 17.8 Å². The Morgan fingerprint density at radius 2 is 1.92 bits per heavy atom. The Morgan fingerprint density at radius 3 is 2.23 bits per heavy atom. The molecular weight excluding hydrogens is 244 g/mol. The summed E-state index contributed by atoms with van der Waals surface area (Å²) in [6.45, 7) is 11.5. The predicted molar refractivity (Wildman–Crippen MR) is 62.5 cm³/mol. The van der Waals surface area contributed by atoms with Crippen LogP contribution in [0.15, 0.2) is 16.9 Å². The van der Waals surface area contributed by atoms with Gasteiger partial charge >= 0.3 is 0 Å². The van der Waals surface area contributed by atoms with Crippen LogP contribution in [-0.2, 0) is 0 Å². The fourth-order valence-corrected chi connectivity index (χ4v) is 2.92. The molecule has 0 bridgehead atoms. The third-order valence-electron chi connectivity index (χ3n) is 2.96. The van der Waals surface area contributed by atoms with Crippen LogP contribution in [0.3, 0.4) is 0 Å². The van der Waals surface area contributed by atoms with Gasteiger partial charge < -0.3 is 4.35 Å². The standard InChI is InChI=1S/C9H17BrN2Si/c1-9(2,3)13(4,5)12-7-8(10)6-11-12/h6-7H,1-5H3. The van der Waals surface area contributed by atoms with Crippen molar-refractivity contribution in [1.82, 2.24) is 9.45 Å². The monoisotopic (exact) mass is 260 g/mol. The fourth-order valence-electron chi connectivity index (χ4n) is 0.950. The molecule has 0 saturated carbocycles. The summed E-state index contributed by atoms with van der Waals surface area (Å²) in [7, 11) is -1.48. The molecule has 0 aliphatic heterocycles. The smallest absolute Gasteiger partial charge is 0.184 e. The molecule has 4 heteroatoms. The van der Waals surface area contributed by atoms with Crippen molar-refractivity contribution in [1.29, 1.82) is 0 Å². The first-order valence-electron chi connectivity index (χ1n) is 4.46. The lowest BCUT2D eigenvalue weighted by Crippen LogP contribution is -2.45. The summed E-state index contributed by atoms with van der Waals surface area (Å²) < 4.78 is 3.22. The summed E-state index contributed by atoms with van der Waals surface area (Å²) in [5.41, 5.74) is 0. The van der Waals surface area contributed by atoms with Gasteiger partial charge in [0.05, 0.1) is 10.7 Å². The minimum absolute atomic E-state index is 0.332. The summed E-state index contributed by atoms with van der Waals surface area (Å²) in [5, 5.41) is 4.72. The van der Waals surface area contributed by atoms with Gasteiger partial charge in [0, 0.05) is 6.20 Å². The predicted octanol–water partition coefficient (Wildman–Crippen LogP) is 3.50. The molecule has 1 rings (SSSR count).